The molecule has 1 aromatic heterocycles. The molecule has 2 rings (SSSR count). The van der Waals surface area contributed by atoms with Crippen LogP contribution in [0.25, 0.3) is 0 Å². The SMILES string of the molecule is CN(C(=O)c1cccn1C)C1COCC1C(=O)O. The van der Waals surface area contributed by atoms with E-state index in [1.54, 1.807) is 37.0 Å². The van der Waals surface area contributed by atoms with Gasteiger partial charge in [0.2, 0.25) is 0 Å². The van der Waals surface area contributed by atoms with Crippen LogP contribution < -0.4 is 0 Å². The Hall–Kier alpha value is -1.82. The number of hydrogen-bond donors (Lipinski definition) is 1. The molecule has 0 aromatic carbocycles. The van der Waals surface area contributed by atoms with Crippen molar-refractivity contribution in [3.63, 3.8) is 0 Å². The van der Waals surface area contributed by atoms with Gasteiger partial charge in [0.1, 0.15) is 11.6 Å². The van der Waals surface area contributed by atoms with Crippen LogP contribution in [0.3, 0.4) is 0 Å². The Morgan fingerprint density at radius 2 is 2.22 bits per heavy atom. The maximum atomic E-state index is 12.2. The van der Waals surface area contributed by atoms with Crippen molar-refractivity contribution < 1.29 is 19.4 Å². The Morgan fingerprint density at radius 3 is 2.78 bits per heavy atom. The van der Waals surface area contributed by atoms with Gasteiger partial charge in [0.05, 0.1) is 19.3 Å². The summed E-state index contributed by atoms with van der Waals surface area (Å²) >= 11 is 0. The van der Waals surface area contributed by atoms with Crippen molar-refractivity contribution in [2.24, 2.45) is 13.0 Å². The lowest BCUT2D eigenvalue weighted by Gasteiger charge is -2.26. The molecule has 6 heteroatoms. The molecule has 1 aliphatic rings. The summed E-state index contributed by atoms with van der Waals surface area (Å²) in [6, 6.07) is 3.08. The van der Waals surface area contributed by atoms with Crippen LogP contribution in [0.15, 0.2) is 18.3 Å². The molecule has 1 fully saturated rings. The predicted molar refractivity (Wildman–Crippen MR) is 63.2 cm³/mol. The number of aromatic nitrogens is 1. The smallest absolute Gasteiger partial charge is 0.311 e. The van der Waals surface area contributed by atoms with Gasteiger partial charge in [0.25, 0.3) is 5.91 Å². The second kappa shape index (κ2) is 4.81. The Morgan fingerprint density at radius 1 is 1.50 bits per heavy atom. The summed E-state index contributed by atoms with van der Waals surface area (Å²) in [5, 5.41) is 9.08. The minimum Gasteiger partial charge on any atom is -0.481 e. The third kappa shape index (κ3) is 2.11. The zero-order valence-corrected chi connectivity index (χ0v) is 10.4. The number of rotatable bonds is 3. The number of carbonyl (C=O) groups is 2. The lowest BCUT2D eigenvalue weighted by atomic mass is 10.0. The summed E-state index contributed by atoms with van der Waals surface area (Å²) in [4.78, 5) is 24.8. The maximum Gasteiger partial charge on any atom is 0.311 e. The normalized spacial score (nSPS) is 23.0. The lowest BCUT2D eigenvalue weighted by molar-refractivity contribution is -0.142. The molecule has 98 valence electrons. The van der Waals surface area contributed by atoms with Crippen molar-refractivity contribution in [2.75, 3.05) is 20.3 Å². The fourth-order valence-corrected chi connectivity index (χ4v) is 2.18. The lowest BCUT2D eigenvalue weighted by Crippen LogP contribution is -2.44. The first kappa shape index (κ1) is 12.6. The monoisotopic (exact) mass is 252 g/mol. The average Bonchev–Trinajstić information content (AvgIpc) is 2.95. The molecule has 0 bridgehead atoms. The molecular weight excluding hydrogens is 236 g/mol. The summed E-state index contributed by atoms with van der Waals surface area (Å²) in [6.45, 7) is 0.425. The molecule has 6 nitrogen and oxygen atoms in total. The second-order valence-corrected chi connectivity index (χ2v) is 4.47. The van der Waals surface area contributed by atoms with Gasteiger partial charge in [-0.1, -0.05) is 0 Å². The van der Waals surface area contributed by atoms with Crippen molar-refractivity contribution in [1.82, 2.24) is 9.47 Å². The number of ether oxygens (including phenoxy) is 1. The predicted octanol–water partition coefficient (Wildman–Crippen LogP) is 0.197. The number of carboxylic acids is 1. The molecule has 0 aliphatic carbocycles. The van der Waals surface area contributed by atoms with Crippen LogP contribution in [0.4, 0.5) is 0 Å². The van der Waals surface area contributed by atoms with Gasteiger partial charge in [-0.2, -0.15) is 0 Å². The number of amides is 1. The van der Waals surface area contributed by atoms with Crippen LogP contribution in [0, 0.1) is 5.92 Å². The van der Waals surface area contributed by atoms with Crippen LogP contribution in [0.5, 0.6) is 0 Å². The van der Waals surface area contributed by atoms with E-state index in [9.17, 15) is 9.59 Å². The van der Waals surface area contributed by atoms with Gasteiger partial charge in [-0.3, -0.25) is 9.59 Å². The number of likely N-dealkylation sites (N-methyl/N-ethyl adjacent to an activating group) is 1. The highest BCUT2D eigenvalue weighted by atomic mass is 16.5. The molecule has 2 unspecified atom stereocenters. The molecule has 2 heterocycles. The van der Waals surface area contributed by atoms with Gasteiger partial charge in [-0.05, 0) is 12.1 Å². The number of nitrogens with zero attached hydrogens (tertiary/aromatic N) is 2. The quantitative estimate of drug-likeness (QED) is 0.834. The zero-order chi connectivity index (χ0) is 13.3. The van der Waals surface area contributed by atoms with Crippen LogP contribution in [0.1, 0.15) is 10.5 Å². The van der Waals surface area contributed by atoms with Gasteiger partial charge >= 0.3 is 5.97 Å². The Labute approximate surface area is 105 Å². The van der Waals surface area contributed by atoms with E-state index in [1.165, 1.54) is 4.90 Å². The number of hydrogen-bond acceptors (Lipinski definition) is 3. The molecule has 1 aromatic rings. The molecule has 1 aliphatic heterocycles. The average molecular weight is 252 g/mol. The maximum absolute atomic E-state index is 12.2. The molecule has 1 N–H and O–H groups in total. The molecule has 0 spiro atoms. The summed E-state index contributed by atoms with van der Waals surface area (Å²) in [5.41, 5.74) is 0.536. The summed E-state index contributed by atoms with van der Waals surface area (Å²) < 4.78 is 6.88. The third-order valence-electron chi connectivity index (χ3n) is 3.35. The molecule has 0 saturated carbocycles. The largest absolute Gasteiger partial charge is 0.481 e. The Bertz CT molecular complexity index is 468. The van der Waals surface area contributed by atoms with Gasteiger partial charge in [-0.15, -0.1) is 0 Å². The first-order chi connectivity index (χ1) is 8.52. The van der Waals surface area contributed by atoms with Gasteiger partial charge in [0, 0.05) is 20.3 Å². The highest BCUT2D eigenvalue weighted by molar-refractivity contribution is 5.93. The minimum atomic E-state index is -0.927. The number of carboxylic acid groups (broad SMARTS) is 1. The van der Waals surface area contributed by atoms with Gasteiger partial charge in [-0.25, -0.2) is 0 Å². The van der Waals surface area contributed by atoms with E-state index in [0.717, 1.165) is 0 Å². The summed E-state index contributed by atoms with van der Waals surface area (Å²) in [5.74, 6) is -1.77. The van der Waals surface area contributed by atoms with Crippen LogP contribution in [-0.2, 0) is 16.6 Å². The van der Waals surface area contributed by atoms with Gasteiger partial charge < -0.3 is 19.3 Å². The number of aliphatic carboxylic acids is 1. The van der Waals surface area contributed by atoms with E-state index in [2.05, 4.69) is 0 Å². The van der Waals surface area contributed by atoms with E-state index >= 15 is 0 Å². The van der Waals surface area contributed by atoms with E-state index < -0.39 is 17.9 Å². The van der Waals surface area contributed by atoms with Crippen LogP contribution in [0.2, 0.25) is 0 Å². The minimum absolute atomic E-state index is 0.157. The number of carbonyl (C=O) groups excluding carboxylic acids is 1. The molecular formula is C12H16N2O4. The van der Waals surface area contributed by atoms with Gasteiger partial charge in [0.15, 0.2) is 0 Å². The zero-order valence-electron chi connectivity index (χ0n) is 10.4. The van der Waals surface area contributed by atoms with Crippen molar-refractivity contribution in [3.05, 3.63) is 24.0 Å². The van der Waals surface area contributed by atoms with Crippen molar-refractivity contribution in [3.8, 4) is 0 Å². The number of aryl methyl sites for hydroxylation is 1. The van der Waals surface area contributed by atoms with Crippen molar-refractivity contribution in [1.29, 1.82) is 0 Å². The van der Waals surface area contributed by atoms with E-state index in [1.807, 2.05) is 0 Å². The fraction of sp³-hybridized carbons (Fsp3) is 0.500. The summed E-state index contributed by atoms with van der Waals surface area (Å²) in [7, 11) is 3.39. The molecule has 18 heavy (non-hydrogen) atoms. The topological polar surface area (TPSA) is 71.8 Å². The first-order valence-electron chi connectivity index (χ1n) is 5.71. The van der Waals surface area contributed by atoms with Crippen molar-refractivity contribution in [2.45, 2.75) is 6.04 Å². The fourth-order valence-electron chi connectivity index (χ4n) is 2.18. The molecule has 2 atom stereocenters. The standard InChI is InChI=1S/C12H16N2O4/c1-13-5-3-4-9(13)11(15)14(2)10-7-18-6-8(10)12(16)17/h3-5,8,10H,6-7H2,1-2H3,(H,16,17). The van der Waals surface area contributed by atoms with Crippen LogP contribution >= 0.6 is 0 Å². The highest BCUT2D eigenvalue weighted by Gasteiger charge is 2.38. The third-order valence-corrected chi connectivity index (χ3v) is 3.35. The van der Waals surface area contributed by atoms with E-state index in [0.29, 0.717) is 5.69 Å². The van der Waals surface area contributed by atoms with E-state index in [4.69, 9.17) is 9.84 Å². The molecule has 1 amide bonds. The summed E-state index contributed by atoms with van der Waals surface area (Å²) in [6.07, 6.45) is 1.78. The Balaban J connectivity index is 2.16. The van der Waals surface area contributed by atoms with Crippen LogP contribution in [-0.4, -0.2) is 52.8 Å². The first-order valence-corrected chi connectivity index (χ1v) is 5.71. The second-order valence-electron chi connectivity index (χ2n) is 4.47. The molecule has 0 radical (unpaired) electrons. The van der Waals surface area contributed by atoms with Crippen molar-refractivity contribution >= 4 is 11.9 Å². The van der Waals surface area contributed by atoms with E-state index in [-0.39, 0.29) is 19.1 Å². The molecule has 1 saturated heterocycles. The highest BCUT2D eigenvalue weighted by Crippen LogP contribution is 2.20. The Kier molecular flexibility index (Phi) is 3.38.